The minimum Gasteiger partial charge on any atom is -0.456 e. The van der Waals surface area contributed by atoms with Crippen molar-refractivity contribution >= 4 is 92.4 Å². The molecule has 0 radical (unpaired) electrons. The van der Waals surface area contributed by atoms with Crippen LogP contribution in [0.2, 0.25) is 0 Å². The molecule has 272 valence electrons. The lowest BCUT2D eigenvalue weighted by Gasteiger charge is -2.28. The quantitative estimate of drug-likeness (QED) is 0.169. The number of rotatable bonds is 6. The Balaban J connectivity index is 1.01. The van der Waals surface area contributed by atoms with Crippen molar-refractivity contribution in [3.63, 3.8) is 0 Å². The van der Waals surface area contributed by atoms with Crippen LogP contribution in [0.5, 0.6) is 0 Å². The van der Waals surface area contributed by atoms with Gasteiger partial charge in [0, 0.05) is 53.8 Å². The van der Waals surface area contributed by atoms with Gasteiger partial charge in [-0.15, -0.1) is 11.3 Å². The van der Waals surface area contributed by atoms with Crippen molar-refractivity contribution in [1.82, 2.24) is 0 Å². The Morgan fingerprint density at radius 3 is 1.90 bits per heavy atom. The number of benzene rings is 9. The standard InChI is InChI=1S/C54H33NO2S/c1-3-14-35(15-4-1)39-18-7-10-22-45(39)55(46-23-13-21-42-41-19-9-12-25-50(41)58-54(42)46)38-29-26-34(27-30-38)37-28-31-40-44-33-49-52(43-20-8-11-24-47(43)56-49)51(36-16-5-2-6-17-36)53(44)57-48(40)32-37/h1-33H. The summed E-state index contributed by atoms with van der Waals surface area (Å²) in [6.07, 6.45) is 0. The van der Waals surface area contributed by atoms with Crippen LogP contribution in [-0.2, 0) is 0 Å². The summed E-state index contributed by atoms with van der Waals surface area (Å²) in [7, 11) is 0. The van der Waals surface area contributed by atoms with E-state index in [9.17, 15) is 0 Å². The van der Waals surface area contributed by atoms with Gasteiger partial charge in [-0.2, -0.15) is 0 Å². The number of anilines is 3. The largest absolute Gasteiger partial charge is 0.456 e. The summed E-state index contributed by atoms with van der Waals surface area (Å²) in [6, 6.07) is 71.3. The number of thiophene rings is 1. The Morgan fingerprint density at radius 2 is 1.05 bits per heavy atom. The van der Waals surface area contributed by atoms with Crippen LogP contribution in [0.25, 0.3) is 97.4 Å². The lowest BCUT2D eigenvalue weighted by atomic mass is 9.96. The highest BCUT2D eigenvalue weighted by atomic mass is 32.1. The smallest absolute Gasteiger partial charge is 0.144 e. The van der Waals surface area contributed by atoms with Gasteiger partial charge in [-0.1, -0.05) is 146 Å². The molecule has 0 bridgehead atoms. The minimum absolute atomic E-state index is 0.848. The first kappa shape index (κ1) is 32.8. The molecule has 4 heteroatoms. The van der Waals surface area contributed by atoms with Crippen molar-refractivity contribution in [2.75, 3.05) is 4.90 Å². The minimum atomic E-state index is 0.848. The van der Waals surface area contributed by atoms with Crippen molar-refractivity contribution in [3.8, 4) is 33.4 Å². The Hall–Kier alpha value is -7.40. The fraction of sp³-hybridized carbons (Fsp3) is 0. The molecule has 0 N–H and O–H groups in total. The number of hydrogen-bond acceptors (Lipinski definition) is 4. The van der Waals surface area contributed by atoms with Gasteiger partial charge in [-0.3, -0.25) is 0 Å². The number of furan rings is 2. The fourth-order valence-corrected chi connectivity index (χ4v) is 10.0. The summed E-state index contributed by atoms with van der Waals surface area (Å²) in [5.41, 5.74) is 13.6. The molecule has 0 aliphatic heterocycles. The zero-order chi connectivity index (χ0) is 38.2. The number of para-hydroxylation sites is 2. The van der Waals surface area contributed by atoms with Crippen LogP contribution in [0.4, 0.5) is 17.1 Å². The fourth-order valence-electron chi connectivity index (χ4n) is 8.82. The summed E-state index contributed by atoms with van der Waals surface area (Å²) in [6.45, 7) is 0. The third-order valence-corrected chi connectivity index (χ3v) is 12.7. The van der Waals surface area contributed by atoms with Gasteiger partial charge in [0.25, 0.3) is 0 Å². The molecule has 0 atom stereocenters. The third-order valence-electron chi connectivity index (χ3n) is 11.5. The van der Waals surface area contributed by atoms with Gasteiger partial charge in [0.1, 0.15) is 22.3 Å². The average molecular weight is 760 g/mol. The van der Waals surface area contributed by atoms with E-state index in [2.05, 4.69) is 193 Å². The highest BCUT2D eigenvalue weighted by molar-refractivity contribution is 7.26. The van der Waals surface area contributed by atoms with E-state index < -0.39 is 0 Å². The molecular formula is C54H33NO2S. The summed E-state index contributed by atoms with van der Waals surface area (Å²) in [5.74, 6) is 0. The van der Waals surface area contributed by atoms with Crippen LogP contribution in [0.1, 0.15) is 0 Å². The molecule has 0 aliphatic rings. The van der Waals surface area contributed by atoms with Crippen molar-refractivity contribution in [3.05, 3.63) is 200 Å². The van der Waals surface area contributed by atoms with E-state index in [0.717, 1.165) is 83.2 Å². The molecule has 12 rings (SSSR count). The molecule has 0 saturated carbocycles. The lowest BCUT2D eigenvalue weighted by molar-refractivity contribution is 0.664. The van der Waals surface area contributed by atoms with Crippen LogP contribution in [0.3, 0.4) is 0 Å². The molecule has 3 heterocycles. The topological polar surface area (TPSA) is 29.5 Å². The maximum atomic E-state index is 6.88. The van der Waals surface area contributed by atoms with Crippen molar-refractivity contribution in [1.29, 1.82) is 0 Å². The van der Waals surface area contributed by atoms with Crippen molar-refractivity contribution in [2.45, 2.75) is 0 Å². The van der Waals surface area contributed by atoms with E-state index in [1.54, 1.807) is 0 Å². The number of fused-ring (bicyclic) bond motifs is 9. The zero-order valence-corrected chi connectivity index (χ0v) is 32.0. The van der Waals surface area contributed by atoms with Gasteiger partial charge >= 0.3 is 0 Å². The van der Waals surface area contributed by atoms with Gasteiger partial charge in [-0.05, 0) is 76.9 Å². The highest BCUT2D eigenvalue weighted by Gasteiger charge is 2.23. The lowest BCUT2D eigenvalue weighted by Crippen LogP contribution is -2.11. The molecule has 3 aromatic heterocycles. The first-order valence-electron chi connectivity index (χ1n) is 19.6. The Bertz CT molecular complexity index is 3500. The summed E-state index contributed by atoms with van der Waals surface area (Å²) in [5, 5.41) is 6.83. The van der Waals surface area contributed by atoms with Crippen LogP contribution in [0, 0.1) is 0 Å². The Morgan fingerprint density at radius 1 is 0.379 bits per heavy atom. The van der Waals surface area contributed by atoms with Crippen LogP contribution < -0.4 is 4.90 Å². The van der Waals surface area contributed by atoms with E-state index in [1.165, 1.54) is 31.3 Å². The second kappa shape index (κ2) is 13.1. The molecule has 0 saturated heterocycles. The summed E-state index contributed by atoms with van der Waals surface area (Å²) < 4.78 is 15.9. The third kappa shape index (κ3) is 5.12. The van der Waals surface area contributed by atoms with Gasteiger partial charge in [0.15, 0.2) is 0 Å². The Kier molecular flexibility index (Phi) is 7.40. The SMILES string of the molecule is c1ccc(-c2ccccc2N(c2ccc(-c3ccc4c(c3)oc3c(-c5ccccc5)c5c(cc34)oc3ccccc35)cc2)c2cccc3c2sc2ccccc23)cc1. The maximum Gasteiger partial charge on any atom is 0.144 e. The number of hydrogen-bond donors (Lipinski definition) is 0. The molecule has 3 nitrogen and oxygen atoms in total. The molecule has 58 heavy (non-hydrogen) atoms. The summed E-state index contributed by atoms with van der Waals surface area (Å²) >= 11 is 1.85. The van der Waals surface area contributed by atoms with Crippen LogP contribution >= 0.6 is 11.3 Å². The van der Waals surface area contributed by atoms with Gasteiger partial charge in [0.05, 0.1) is 16.1 Å². The van der Waals surface area contributed by atoms with Crippen molar-refractivity contribution < 1.29 is 8.83 Å². The first-order valence-corrected chi connectivity index (χ1v) is 20.4. The predicted molar refractivity (Wildman–Crippen MR) is 245 cm³/mol. The average Bonchev–Trinajstić information content (AvgIpc) is 3.98. The van der Waals surface area contributed by atoms with E-state index in [-0.39, 0.29) is 0 Å². The monoisotopic (exact) mass is 759 g/mol. The second-order valence-electron chi connectivity index (χ2n) is 14.8. The van der Waals surface area contributed by atoms with Crippen LogP contribution in [-0.4, -0.2) is 0 Å². The van der Waals surface area contributed by atoms with E-state index >= 15 is 0 Å². The van der Waals surface area contributed by atoms with Gasteiger partial charge < -0.3 is 13.7 Å². The molecule has 12 aromatic rings. The van der Waals surface area contributed by atoms with Gasteiger partial charge in [0.2, 0.25) is 0 Å². The second-order valence-corrected chi connectivity index (χ2v) is 15.8. The molecule has 0 unspecified atom stereocenters. The molecule has 0 fully saturated rings. The van der Waals surface area contributed by atoms with Crippen molar-refractivity contribution in [2.24, 2.45) is 0 Å². The van der Waals surface area contributed by atoms with E-state index in [4.69, 9.17) is 8.83 Å². The zero-order valence-electron chi connectivity index (χ0n) is 31.2. The maximum absolute atomic E-state index is 6.88. The molecule has 9 aromatic carbocycles. The molecule has 0 spiro atoms. The first-order chi connectivity index (χ1) is 28.8. The predicted octanol–water partition coefficient (Wildman–Crippen LogP) is 16.3. The van der Waals surface area contributed by atoms with E-state index in [0.29, 0.717) is 0 Å². The molecular weight excluding hydrogens is 727 g/mol. The highest BCUT2D eigenvalue weighted by Crippen LogP contribution is 2.48. The Labute approximate surface area is 338 Å². The van der Waals surface area contributed by atoms with E-state index in [1.807, 2.05) is 23.5 Å². The van der Waals surface area contributed by atoms with Crippen LogP contribution in [0.15, 0.2) is 209 Å². The normalized spacial score (nSPS) is 11.8. The number of nitrogens with zero attached hydrogens (tertiary/aromatic N) is 1. The summed E-state index contributed by atoms with van der Waals surface area (Å²) in [4.78, 5) is 2.43. The van der Waals surface area contributed by atoms with Gasteiger partial charge in [-0.25, -0.2) is 0 Å². The molecule has 0 amide bonds. The molecule has 0 aliphatic carbocycles.